The molecule has 0 aliphatic heterocycles. The molecule has 0 saturated heterocycles. The van der Waals surface area contributed by atoms with Crippen LogP contribution in [0.25, 0.3) is 0 Å². The van der Waals surface area contributed by atoms with E-state index in [2.05, 4.69) is 26.7 Å². The summed E-state index contributed by atoms with van der Waals surface area (Å²) in [5, 5.41) is 4.76. The Kier molecular flexibility index (Phi) is 4.95. The number of hydrogen-bond acceptors (Lipinski definition) is 6. The highest BCUT2D eigenvalue weighted by atomic mass is 32.2. The number of nitrogens with zero attached hydrogens (tertiary/aromatic N) is 2. The molecule has 0 spiro atoms. The van der Waals surface area contributed by atoms with Gasteiger partial charge >= 0.3 is 6.03 Å². The molecular formula is C19H21N5O4S. The van der Waals surface area contributed by atoms with Crippen LogP contribution in [-0.4, -0.2) is 30.3 Å². The molecule has 0 radical (unpaired) electrons. The minimum Gasteiger partial charge on any atom is -0.310 e. The van der Waals surface area contributed by atoms with Gasteiger partial charge in [0.25, 0.3) is 10.0 Å². The first-order chi connectivity index (χ1) is 13.8. The number of anilines is 2. The van der Waals surface area contributed by atoms with Crippen molar-refractivity contribution in [1.82, 2.24) is 14.7 Å². The van der Waals surface area contributed by atoms with E-state index in [0.29, 0.717) is 0 Å². The van der Waals surface area contributed by atoms with Crippen LogP contribution in [-0.2, 0) is 40.5 Å². The quantitative estimate of drug-likeness (QED) is 0.699. The number of sulfonamides is 1. The minimum atomic E-state index is -4.20. The van der Waals surface area contributed by atoms with Gasteiger partial charge < -0.3 is 10.6 Å². The lowest BCUT2D eigenvalue weighted by molar-refractivity contribution is -0.114. The van der Waals surface area contributed by atoms with Crippen molar-refractivity contribution in [3.8, 4) is 0 Å². The largest absolute Gasteiger partial charge is 0.333 e. The fourth-order valence-electron chi connectivity index (χ4n) is 3.98. The molecule has 2 aliphatic rings. The second-order valence-electron chi connectivity index (χ2n) is 7.21. The van der Waals surface area contributed by atoms with Crippen LogP contribution in [0.1, 0.15) is 42.0 Å². The van der Waals surface area contributed by atoms with Gasteiger partial charge in [-0.15, -0.1) is 0 Å². The van der Waals surface area contributed by atoms with E-state index in [9.17, 15) is 18.0 Å². The standard InChI is InChI=1S/C19H21N5O4S/c1-11(25)22-16-9-21-17(10-20-16)29(27,28)24-19(26)23-18-14-6-2-4-12(14)8-13-5-3-7-15(13)18/h8-10H,2-7H2,1H3,(H,20,22,25)(H2,23,24,26). The predicted octanol–water partition coefficient (Wildman–Crippen LogP) is 1.92. The van der Waals surface area contributed by atoms with Crippen molar-refractivity contribution in [3.05, 3.63) is 40.7 Å². The second kappa shape index (κ2) is 7.43. The normalized spacial score (nSPS) is 14.8. The van der Waals surface area contributed by atoms with Crippen molar-refractivity contribution in [1.29, 1.82) is 0 Å². The van der Waals surface area contributed by atoms with E-state index < -0.39 is 21.1 Å². The number of carbonyl (C=O) groups excluding carboxylic acids is 2. The highest BCUT2D eigenvalue weighted by molar-refractivity contribution is 7.90. The maximum Gasteiger partial charge on any atom is 0.333 e. The average Bonchev–Trinajstić information content (AvgIpc) is 3.30. The lowest BCUT2D eigenvalue weighted by atomic mass is 9.99. The van der Waals surface area contributed by atoms with E-state index in [1.807, 2.05) is 4.72 Å². The maximum atomic E-state index is 12.5. The topological polar surface area (TPSA) is 130 Å². The van der Waals surface area contributed by atoms with E-state index in [1.54, 1.807) is 0 Å². The maximum absolute atomic E-state index is 12.5. The van der Waals surface area contributed by atoms with Gasteiger partial charge in [0.2, 0.25) is 5.91 Å². The summed E-state index contributed by atoms with van der Waals surface area (Å²) in [6.45, 7) is 1.30. The summed E-state index contributed by atoms with van der Waals surface area (Å²) in [5.41, 5.74) is 5.45. The molecule has 0 unspecified atom stereocenters. The molecule has 1 aromatic heterocycles. The molecule has 10 heteroatoms. The Bertz CT molecular complexity index is 1060. The van der Waals surface area contributed by atoms with Gasteiger partial charge in [0, 0.05) is 12.6 Å². The first-order valence-corrected chi connectivity index (χ1v) is 10.9. The monoisotopic (exact) mass is 415 g/mol. The number of aromatic nitrogens is 2. The van der Waals surface area contributed by atoms with Crippen molar-refractivity contribution < 1.29 is 18.0 Å². The van der Waals surface area contributed by atoms with Gasteiger partial charge in [-0.2, -0.15) is 8.42 Å². The summed E-state index contributed by atoms with van der Waals surface area (Å²) in [7, 11) is -4.20. The van der Waals surface area contributed by atoms with Gasteiger partial charge in [0.15, 0.2) is 10.8 Å². The van der Waals surface area contributed by atoms with Crippen LogP contribution >= 0.6 is 0 Å². The summed E-state index contributed by atoms with van der Waals surface area (Å²) >= 11 is 0. The van der Waals surface area contributed by atoms with Crippen LogP contribution in [0.5, 0.6) is 0 Å². The first-order valence-electron chi connectivity index (χ1n) is 9.43. The van der Waals surface area contributed by atoms with E-state index in [-0.39, 0.29) is 11.7 Å². The average molecular weight is 415 g/mol. The number of benzene rings is 1. The van der Waals surface area contributed by atoms with Crippen molar-refractivity contribution in [2.75, 3.05) is 10.6 Å². The van der Waals surface area contributed by atoms with Crippen LogP contribution in [0.2, 0.25) is 0 Å². The minimum absolute atomic E-state index is 0.122. The fourth-order valence-corrected chi connectivity index (χ4v) is 4.76. The molecule has 0 bridgehead atoms. The van der Waals surface area contributed by atoms with Gasteiger partial charge in [0.05, 0.1) is 12.4 Å². The van der Waals surface area contributed by atoms with Gasteiger partial charge in [0.1, 0.15) is 0 Å². The molecule has 2 aromatic rings. The molecule has 2 aliphatic carbocycles. The van der Waals surface area contributed by atoms with Crippen molar-refractivity contribution in [2.24, 2.45) is 0 Å². The third-order valence-electron chi connectivity index (χ3n) is 5.15. The Morgan fingerprint density at radius 2 is 1.59 bits per heavy atom. The fraction of sp³-hybridized carbons (Fsp3) is 0.368. The number of nitrogens with one attached hydrogen (secondary N) is 3. The van der Waals surface area contributed by atoms with Gasteiger partial charge in [-0.05, 0) is 60.8 Å². The Morgan fingerprint density at radius 1 is 0.931 bits per heavy atom. The number of aryl methyl sites for hydroxylation is 2. The molecule has 0 atom stereocenters. The van der Waals surface area contributed by atoms with Crippen LogP contribution < -0.4 is 15.4 Å². The highest BCUT2D eigenvalue weighted by Crippen LogP contribution is 2.38. The molecule has 1 aromatic carbocycles. The zero-order valence-corrected chi connectivity index (χ0v) is 16.7. The molecule has 9 nitrogen and oxygen atoms in total. The number of urea groups is 1. The Balaban J connectivity index is 1.52. The molecule has 3 N–H and O–H groups in total. The van der Waals surface area contributed by atoms with Crippen LogP contribution in [0.3, 0.4) is 0 Å². The molecule has 4 rings (SSSR count). The first kappa shape index (κ1) is 19.3. The van der Waals surface area contributed by atoms with Crippen LogP contribution in [0.4, 0.5) is 16.3 Å². The van der Waals surface area contributed by atoms with E-state index in [1.165, 1.54) is 18.1 Å². The zero-order valence-electron chi connectivity index (χ0n) is 15.9. The van der Waals surface area contributed by atoms with Crippen molar-refractivity contribution in [2.45, 2.75) is 50.5 Å². The SMILES string of the molecule is CC(=O)Nc1cnc(S(=O)(=O)NC(=O)Nc2c3c(cc4c2CCC4)CCC3)cn1. The predicted molar refractivity (Wildman–Crippen MR) is 106 cm³/mol. The lowest BCUT2D eigenvalue weighted by Gasteiger charge is -2.16. The number of carbonyl (C=O) groups is 2. The molecule has 0 saturated carbocycles. The smallest absolute Gasteiger partial charge is 0.310 e. The third kappa shape index (κ3) is 3.93. The molecule has 152 valence electrons. The Labute approximate surface area is 168 Å². The molecule has 29 heavy (non-hydrogen) atoms. The molecule has 3 amide bonds. The number of rotatable bonds is 4. The van der Waals surface area contributed by atoms with E-state index in [4.69, 9.17) is 0 Å². The lowest BCUT2D eigenvalue weighted by Crippen LogP contribution is -2.35. The van der Waals surface area contributed by atoms with E-state index >= 15 is 0 Å². The van der Waals surface area contributed by atoms with Crippen LogP contribution in [0, 0.1) is 0 Å². The van der Waals surface area contributed by atoms with Crippen molar-refractivity contribution in [3.63, 3.8) is 0 Å². The summed E-state index contributed by atoms with van der Waals surface area (Å²) < 4.78 is 26.9. The highest BCUT2D eigenvalue weighted by Gasteiger charge is 2.26. The Hall–Kier alpha value is -3.01. The van der Waals surface area contributed by atoms with Gasteiger partial charge in [-0.1, -0.05) is 6.07 Å². The summed E-state index contributed by atoms with van der Waals surface area (Å²) in [6, 6.07) is 1.41. The molecule has 0 fully saturated rings. The van der Waals surface area contributed by atoms with Crippen molar-refractivity contribution >= 4 is 33.5 Å². The number of fused-ring (bicyclic) bond motifs is 2. The zero-order chi connectivity index (χ0) is 20.6. The van der Waals surface area contributed by atoms with Gasteiger partial charge in [-0.25, -0.2) is 19.5 Å². The summed E-state index contributed by atoms with van der Waals surface area (Å²) in [4.78, 5) is 31.1. The number of amides is 3. The van der Waals surface area contributed by atoms with E-state index in [0.717, 1.165) is 67.7 Å². The molecular weight excluding hydrogens is 394 g/mol. The van der Waals surface area contributed by atoms with Crippen LogP contribution in [0.15, 0.2) is 23.5 Å². The second-order valence-corrected chi connectivity index (χ2v) is 8.84. The Morgan fingerprint density at radius 3 is 2.14 bits per heavy atom. The third-order valence-corrected chi connectivity index (χ3v) is 6.36. The van der Waals surface area contributed by atoms with Gasteiger partial charge in [-0.3, -0.25) is 4.79 Å². The summed E-state index contributed by atoms with van der Waals surface area (Å²) in [5.74, 6) is -0.230. The number of hydrogen-bond donors (Lipinski definition) is 3. The summed E-state index contributed by atoms with van der Waals surface area (Å²) in [6.07, 6.45) is 7.87. The molecule has 1 heterocycles.